The first-order chi connectivity index (χ1) is 49.4. The fraction of sp³-hybridized carbons (Fsp3) is 0.836. The Labute approximate surface area is 614 Å². The molecular formula is C73H116F6N12O14. The molecule has 2 bridgehead atoms. The Morgan fingerprint density at radius 3 is 1.85 bits per heavy atom. The van der Waals surface area contributed by atoms with E-state index in [9.17, 15) is 41.9 Å². The van der Waals surface area contributed by atoms with Gasteiger partial charge in [0.2, 0.25) is 70.9 Å². The molecule has 4 saturated carbocycles. The number of methoxy groups -OCH3 is 1. The third kappa shape index (κ3) is 20.3. The van der Waals surface area contributed by atoms with E-state index in [1.54, 1.807) is 27.7 Å². The number of amides is 12. The summed E-state index contributed by atoms with van der Waals surface area (Å²) in [5, 5.41) is 8.46. The summed E-state index contributed by atoms with van der Waals surface area (Å²) in [4.78, 5) is 191. The summed E-state index contributed by atoms with van der Waals surface area (Å²) in [6, 6.07) is -10.9. The van der Waals surface area contributed by atoms with Gasteiger partial charge in [0.1, 0.15) is 78.3 Å². The Morgan fingerprint density at radius 1 is 0.629 bits per heavy atom. The van der Waals surface area contributed by atoms with Gasteiger partial charge in [-0.3, -0.25) is 57.5 Å². The lowest BCUT2D eigenvalue weighted by Crippen LogP contribution is -2.68. The van der Waals surface area contributed by atoms with Crippen LogP contribution in [0.3, 0.4) is 0 Å². The number of rotatable bonds is 13. The van der Waals surface area contributed by atoms with Crippen LogP contribution in [0.15, 0.2) is 0 Å². The first-order valence-corrected chi connectivity index (χ1v) is 37.9. The van der Waals surface area contributed by atoms with Gasteiger partial charge in [0.25, 0.3) is 0 Å². The lowest BCUT2D eigenvalue weighted by molar-refractivity contribution is -0.219. The van der Waals surface area contributed by atoms with Crippen molar-refractivity contribution in [3.8, 4) is 0 Å². The molecule has 3 saturated heterocycles. The molecule has 15 atom stereocenters. The molecule has 105 heavy (non-hydrogen) atoms. The van der Waals surface area contributed by atoms with Crippen molar-refractivity contribution in [1.29, 1.82) is 0 Å². The van der Waals surface area contributed by atoms with E-state index in [0.29, 0.717) is 57.8 Å². The SMILES string of the molecule is CCO[C@@H]1C[C@H]2C(=O)NC3(CCC3)C(=O)N(C)[C@@H](C3CCCC3)C(=O)N(C)[C@H](C(=O)N(C)C)CC(=O)N(C)[C@@H](CC)C(=O)N[C@@H]([C@@H](C)CC)C(=O)N(C)CC(=O)N(C)[C@H]3CCCCCN(C3=O)[C@@H](CC3CCC(F)C(OC)C3)C(=O)N(C)CC(=O)N[C@@H](CCC3CC(F)C(C(F)(F)F)C(F)C3)C(=O)N2C1. The number of hydrogen-bond donors (Lipinski definition) is 3. The van der Waals surface area contributed by atoms with Crippen LogP contribution in [0.5, 0.6) is 0 Å². The minimum atomic E-state index is -5.19. The summed E-state index contributed by atoms with van der Waals surface area (Å²) in [5.74, 6) is -14.3. The van der Waals surface area contributed by atoms with Crippen molar-refractivity contribution in [1.82, 2.24) is 60.0 Å². The van der Waals surface area contributed by atoms with Crippen LogP contribution >= 0.6 is 0 Å². The highest BCUT2D eigenvalue weighted by atomic mass is 19.4. The molecule has 3 heterocycles. The Hall–Kier alpha value is -6.86. The highest BCUT2D eigenvalue weighted by Crippen LogP contribution is 2.45. The molecule has 0 aromatic rings. The van der Waals surface area contributed by atoms with Gasteiger partial charge in [-0.1, -0.05) is 52.9 Å². The maximum Gasteiger partial charge on any atom is 0.397 e. The number of alkyl halides is 6. The molecule has 0 radical (unpaired) electrons. The van der Waals surface area contributed by atoms with Crippen molar-refractivity contribution in [2.45, 2.75) is 266 Å². The van der Waals surface area contributed by atoms with Crippen molar-refractivity contribution in [2.24, 2.45) is 29.6 Å². The zero-order valence-electron chi connectivity index (χ0n) is 63.7. The van der Waals surface area contributed by atoms with Gasteiger partial charge in [0.05, 0.1) is 31.7 Å². The molecule has 7 rings (SSSR count). The molecule has 32 heteroatoms. The summed E-state index contributed by atoms with van der Waals surface area (Å²) >= 11 is 0. The van der Waals surface area contributed by atoms with E-state index in [0.717, 1.165) is 24.5 Å². The Kier molecular flexibility index (Phi) is 30.3. The quantitative estimate of drug-likeness (QED) is 0.210. The normalized spacial score (nSPS) is 32.9. The van der Waals surface area contributed by atoms with Crippen LogP contribution in [0.2, 0.25) is 0 Å². The number of nitrogens with one attached hydrogen (secondary N) is 3. The van der Waals surface area contributed by atoms with Gasteiger partial charge >= 0.3 is 6.18 Å². The van der Waals surface area contributed by atoms with E-state index in [-0.39, 0.29) is 83.9 Å². The van der Waals surface area contributed by atoms with Crippen molar-refractivity contribution < 1.29 is 93.4 Å². The summed E-state index contributed by atoms with van der Waals surface area (Å²) in [6.45, 7) is 5.33. The summed E-state index contributed by atoms with van der Waals surface area (Å²) in [5.41, 5.74) is -1.66. The van der Waals surface area contributed by atoms with Gasteiger partial charge in [-0.05, 0) is 133 Å². The lowest BCUT2D eigenvalue weighted by Gasteiger charge is -2.46. The van der Waals surface area contributed by atoms with Crippen LogP contribution in [0.1, 0.15) is 175 Å². The fourth-order valence-electron chi connectivity index (χ4n) is 17.0. The van der Waals surface area contributed by atoms with Crippen LogP contribution in [-0.2, 0) is 67.0 Å². The average Bonchev–Trinajstić information content (AvgIpc) is 1.70. The number of halogens is 6. The summed E-state index contributed by atoms with van der Waals surface area (Å²) < 4.78 is 99.7. The second-order valence-corrected chi connectivity index (χ2v) is 31.0. The molecule has 594 valence electrons. The Bertz CT molecular complexity index is 3080. The monoisotopic (exact) mass is 1500 g/mol. The smallest absolute Gasteiger partial charge is 0.378 e. The van der Waals surface area contributed by atoms with Gasteiger partial charge in [0, 0.05) is 89.6 Å². The molecular weight excluding hydrogens is 1380 g/mol. The van der Waals surface area contributed by atoms with Gasteiger partial charge in [-0.25, -0.2) is 13.2 Å². The van der Waals surface area contributed by atoms with Crippen LogP contribution in [0, 0.1) is 29.6 Å². The Balaban J connectivity index is 1.31. The highest BCUT2D eigenvalue weighted by Gasteiger charge is 2.56. The predicted octanol–water partition coefficient (Wildman–Crippen LogP) is 4.72. The lowest BCUT2D eigenvalue weighted by atomic mass is 9.74. The van der Waals surface area contributed by atoms with Gasteiger partial charge in [0.15, 0.2) is 0 Å². The van der Waals surface area contributed by atoms with Crippen LogP contribution < -0.4 is 16.0 Å². The van der Waals surface area contributed by atoms with Crippen LogP contribution in [0.4, 0.5) is 26.3 Å². The van der Waals surface area contributed by atoms with Crippen molar-refractivity contribution in [3.63, 3.8) is 0 Å². The molecule has 4 aliphatic carbocycles. The first-order valence-electron chi connectivity index (χ1n) is 37.9. The van der Waals surface area contributed by atoms with E-state index >= 15 is 41.9 Å². The number of carbonyl (C=O) groups excluding carboxylic acids is 12. The van der Waals surface area contributed by atoms with Crippen LogP contribution in [-0.4, -0.2) is 302 Å². The molecule has 3 N–H and O–H groups in total. The molecule has 7 fully saturated rings. The molecule has 0 aromatic carbocycles. The molecule has 3 aliphatic heterocycles. The number of carbonyl (C=O) groups is 12. The second-order valence-electron chi connectivity index (χ2n) is 31.0. The van der Waals surface area contributed by atoms with Crippen molar-refractivity contribution in [3.05, 3.63) is 0 Å². The van der Waals surface area contributed by atoms with Crippen molar-refractivity contribution >= 4 is 70.9 Å². The third-order valence-electron chi connectivity index (χ3n) is 23.7. The van der Waals surface area contributed by atoms with Gasteiger partial charge in [-0.2, -0.15) is 13.2 Å². The van der Waals surface area contributed by atoms with E-state index in [1.807, 2.05) is 0 Å². The maximum absolute atomic E-state index is 15.5. The van der Waals surface area contributed by atoms with E-state index in [4.69, 9.17) is 9.47 Å². The number of nitrogens with zero attached hydrogens (tertiary/aromatic N) is 9. The topological polar surface area (TPSA) is 289 Å². The first kappa shape index (κ1) is 85.4. The number of fused-ring (bicyclic) bond motifs is 3. The number of likely N-dealkylation sites (N-methyl/N-ethyl adjacent to an activating group) is 7. The average molecular weight is 1500 g/mol. The summed E-state index contributed by atoms with van der Waals surface area (Å²) in [6.07, 6.45) is -11.0. The summed E-state index contributed by atoms with van der Waals surface area (Å²) in [7, 11) is 12.5. The standard InChI is InChI=1S/C73H116F6N12O14/c1-14-42(4)61-69(101)85(8)41-59(94)87(10)52-25-18-17-21-32-90(68(52)100)55(35-44-26-28-47(74)56(36-44)104-13)67(99)84(7)40-57(92)80-50(29-27-43-33-48(75)60(49(76)34-43)73(77,78)79)65(97)91-39-46(105-16-3)37-53(91)64(96)82-72(30-22-31-72)71(103)89(12)62(45-23-19-20-24-45)70(102)88(11)54(66(98)83(5)6)38-58(93)86(9)51(15-2)63(95)81-61/h42-56,60-62H,14-41H2,1-13H3,(H,80,92)(H,81,95)(H,82,96)/t42-,43?,44?,46+,47?,48?,49?,50-,51-,52-,53-,54-,55-,56?,60?,61-,62-/m0/s1. The predicted molar refractivity (Wildman–Crippen MR) is 374 cm³/mol. The van der Waals surface area contributed by atoms with Gasteiger partial charge < -0.3 is 69.5 Å². The number of hydrogen-bond acceptors (Lipinski definition) is 14. The van der Waals surface area contributed by atoms with Crippen molar-refractivity contribution in [2.75, 3.05) is 96.3 Å². The molecule has 7 aliphatic rings. The third-order valence-corrected chi connectivity index (χ3v) is 23.7. The molecule has 12 amide bonds. The molecule has 0 aromatic heterocycles. The fourth-order valence-corrected chi connectivity index (χ4v) is 17.0. The largest absolute Gasteiger partial charge is 0.397 e. The number of ether oxygens (including phenoxy) is 2. The van der Waals surface area contributed by atoms with Gasteiger partial charge in [-0.15, -0.1) is 0 Å². The van der Waals surface area contributed by atoms with E-state index in [2.05, 4.69) is 16.0 Å². The molecule has 1 spiro atoms. The maximum atomic E-state index is 15.5. The second kappa shape index (κ2) is 37.3. The zero-order valence-corrected chi connectivity index (χ0v) is 63.7. The molecule has 5 unspecified atom stereocenters. The van der Waals surface area contributed by atoms with E-state index < -0.39 is 230 Å². The zero-order chi connectivity index (χ0) is 77.9. The minimum absolute atomic E-state index is 0.000904. The highest BCUT2D eigenvalue weighted by molar-refractivity contribution is 6.01. The minimum Gasteiger partial charge on any atom is -0.378 e. The van der Waals surface area contributed by atoms with E-state index in [1.165, 1.54) is 83.1 Å². The van der Waals surface area contributed by atoms with Crippen LogP contribution in [0.25, 0.3) is 0 Å². The molecule has 26 nitrogen and oxygen atoms in total. The Morgan fingerprint density at radius 2 is 1.27 bits per heavy atom.